The number of nitrogens with zero attached hydrogens (tertiary/aromatic N) is 1. The van der Waals surface area contributed by atoms with Crippen LogP contribution in [0.1, 0.15) is 18.4 Å². The van der Waals surface area contributed by atoms with Gasteiger partial charge in [0.1, 0.15) is 11.6 Å². The molecule has 0 radical (unpaired) electrons. The minimum Gasteiger partial charge on any atom is -0.497 e. The molecule has 0 aliphatic rings. The van der Waals surface area contributed by atoms with Crippen molar-refractivity contribution in [1.29, 1.82) is 0 Å². The van der Waals surface area contributed by atoms with E-state index in [1.54, 1.807) is 30.7 Å². The van der Waals surface area contributed by atoms with Crippen LogP contribution in [0.3, 0.4) is 0 Å². The summed E-state index contributed by atoms with van der Waals surface area (Å²) in [4.78, 5) is 17.1. The van der Waals surface area contributed by atoms with Crippen molar-refractivity contribution in [3.8, 4) is 17.0 Å². The number of anilines is 1. The Bertz CT molecular complexity index is 1190. The van der Waals surface area contributed by atoms with Crippen LogP contribution in [0.5, 0.6) is 5.75 Å². The van der Waals surface area contributed by atoms with Crippen LogP contribution in [-0.2, 0) is 4.79 Å². The average Bonchev–Trinajstić information content (AvgIpc) is 3.20. The molecule has 4 nitrogen and oxygen atoms in total. The second-order valence-electron chi connectivity index (χ2n) is 6.70. The molecule has 29 heavy (non-hydrogen) atoms. The maximum Gasteiger partial charge on any atom is 0.233 e. The van der Waals surface area contributed by atoms with Crippen molar-refractivity contribution in [1.82, 2.24) is 4.98 Å². The number of hydrogen-bond acceptors (Lipinski definition) is 4. The Kier molecular flexibility index (Phi) is 5.27. The molecule has 146 valence electrons. The van der Waals surface area contributed by atoms with Crippen LogP contribution in [-0.4, -0.2) is 18.0 Å². The minimum absolute atomic E-state index is 0.160. The number of amides is 1. The number of carbonyl (C=O) groups excluding carboxylic acids is 1. The number of methoxy groups -OCH3 is 1. The summed E-state index contributed by atoms with van der Waals surface area (Å²) in [5, 5.41) is 7.12. The van der Waals surface area contributed by atoms with Gasteiger partial charge in [-0.05, 0) is 47.5 Å². The van der Waals surface area contributed by atoms with Gasteiger partial charge in [0, 0.05) is 10.9 Å². The van der Waals surface area contributed by atoms with Crippen LogP contribution in [0, 0.1) is 5.82 Å². The van der Waals surface area contributed by atoms with Gasteiger partial charge in [0.25, 0.3) is 0 Å². The van der Waals surface area contributed by atoms with Crippen molar-refractivity contribution in [2.75, 3.05) is 12.4 Å². The van der Waals surface area contributed by atoms with Gasteiger partial charge < -0.3 is 10.1 Å². The molecule has 4 aromatic rings. The number of thiazole rings is 1. The van der Waals surface area contributed by atoms with Gasteiger partial charge in [-0.15, -0.1) is 11.3 Å². The van der Waals surface area contributed by atoms with Crippen molar-refractivity contribution >= 4 is 33.1 Å². The van der Waals surface area contributed by atoms with E-state index in [4.69, 9.17) is 4.74 Å². The second kappa shape index (κ2) is 8.01. The Balaban J connectivity index is 1.51. The molecular weight excluding hydrogens is 387 g/mol. The lowest BCUT2D eigenvalue weighted by Gasteiger charge is -2.12. The molecule has 0 aliphatic heterocycles. The number of halogens is 1. The Morgan fingerprint density at radius 2 is 1.86 bits per heavy atom. The molecule has 3 aromatic carbocycles. The molecule has 6 heteroatoms. The van der Waals surface area contributed by atoms with Gasteiger partial charge in [0.2, 0.25) is 5.91 Å². The van der Waals surface area contributed by atoms with Crippen LogP contribution in [0.4, 0.5) is 9.52 Å². The molecule has 0 saturated heterocycles. The first kappa shape index (κ1) is 19.1. The van der Waals surface area contributed by atoms with E-state index in [1.165, 1.54) is 17.4 Å². The molecular formula is C23H19FN2O2S. The third-order valence-electron chi connectivity index (χ3n) is 4.85. The lowest BCUT2D eigenvalue weighted by Crippen LogP contribution is -2.18. The first-order valence-corrected chi connectivity index (χ1v) is 10.0. The zero-order chi connectivity index (χ0) is 20.4. The van der Waals surface area contributed by atoms with E-state index >= 15 is 0 Å². The third-order valence-corrected chi connectivity index (χ3v) is 5.61. The topological polar surface area (TPSA) is 51.2 Å². The lowest BCUT2D eigenvalue weighted by molar-refractivity contribution is -0.117. The summed E-state index contributed by atoms with van der Waals surface area (Å²) in [5.41, 5.74) is 1.84. The van der Waals surface area contributed by atoms with E-state index in [0.29, 0.717) is 16.4 Å². The fourth-order valence-corrected chi connectivity index (χ4v) is 3.84. The van der Waals surface area contributed by atoms with Gasteiger partial charge in [-0.3, -0.25) is 4.79 Å². The predicted octanol–water partition coefficient (Wildman–Crippen LogP) is 5.85. The average molecular weight is 406 g/mol. The number of nitrogens with one attached hydrogen (secondary N) is 1. The van der Waals surface area contributed by atoms with Crippen molar-refractivity contribution < 1.29 is 13.9 Å². The quantitative estimate of drug-likeness (QED) is 0.452. The van der Waals surface area contributed by atoms with E-state index in [0.717, 1.165) is 22.1 Å². The molecule has 4 rings (SSSR count). The molecule has 1 aromatic heterocycles. The van der Waals surface area contributed by atoms with E-state index < -0.39 is 0 Å². The highest BCUT2D eigenvalue weighted by Gasteiger charge is 2.18. The second-order valence-corrected chi connectivity index (χ2v) is 7.56. The third kappa shape index (κ3) is 3.98. The number of fused-ring (bicyclic) bond motifs is 1. The predicted molar refractivity (Wildman–Crippen MR) is 115 cm³/mol. The van der Waals surface area contributed by atoms with Crippen LogP contribution >= 0.6 is 11.3 Å². The van der Waals surface area contributed by atoms with Crippen LogP contribution in [0.25, 0.3) is 22.0 Å². The molecule has 1 heterocycles. The van der Waals surface area contributed by atoms with Gasteiger partial charge >= 0.3 is 0 Å². The molecule has 1 amide bonds. The highest BCUT2D eigenvalue weighted by Crippen LogP contribution is 2.29. The Morgan fingerprint density at radius 1 is 1.10 bits per heavy atom. The molecule has 1 unspecified atom stereocenters. The largest absolute Gasteiger partial charge is 0.497 e. The summed E-state index contributed by atoms with van der Waals surface area (Å²) in [6.45, 7) is 1.85. The highest BCUT2D eigenvalue weighted by molar-refractivity contribution is 7.14. The summed E-state index contributed by atoms with van der Waals surface area (Å²) in [6, 6.07) is 18.2. The van der Waals surface area contributed by atoms with E-state index in [2.05, 4.69) is 10.3 Å². The molecule has 0 spiro atoms. The van der Waals surface area contributed by atoms with Gasteiger partial charge in [0.05, 0.1) is 18.7 Å². The fraction of sp³-hybridized carbons (Fsp3) is 0.130. The molecule has 1 atom stereocenters. The van der Waals surface area contributed by atoms with Crippen molar-refractivity contribution in [2.24, 2.45) is 0 Å². The maximum atomic E-state index is 13.9. The van der Waals surface area contributed by atoms with Crippen LogP contribution in [0.15, 0.2) is 66.0 Å². The first-order chi connectivity index (χ1) is 14.0. The normalized spacial score (nSPS) is 12.0. The van der Waals surface area contributed by atoms with E-state index in [1.807, 2.05) is 43.3 Å². The SMILES string of the molecule is COc1ccc2cc(C(C)C(=O)Nc3nc(-c4ccccc4F)cs3)ccc2c1. The minimum atomic E-state index is -0.359. The Hall–Kier alpha value is -3.25. The molecule has 0 saturated carbocycles. The zero-order valence-electron chi connectivity index (χ0n) is 16.0. The van der Waals surface area contributed by atoms with Gasteiger partial charge in [-0.25, -0.2) is 9.37 Å². The van der Waals surface area contributed by atoms with Crippen LogP contribution in [0.2, 0.25) is 0 Å². The molecule has 1 N–H and O–H groups in total. The first-order valence-electron chi connectivity index (χ1n) is 9.14. The standard InChI is InChI=1S/C23H19FN2O2S/c1-14(15-7-8-17-12-18(28-2)10-9-16(17)11-15)22(27)26-23-25-21(13-29-23)19-5-3-4-6-20(19)24/h3-14H,1-2H3,(H,25,26,27). The summed E-state index contributed by atoms with van der Waals surface area (Å²) >= 11 is 1.28. The number of ether oxygens (including phenoxy) is 1. The van der Waals surface area contributed by atoms with Crippen molar-refractivity contribution in [3.63, 3.8) is 0 Å². The molecule has 0 aliphatic carbocycles. The van der Waals surface area contributed by atoms with E-state index in [9.17, 15) is 9.18 Å². The Morgan fingerprint density at radius 3 is 2.66 bits per heavy atom. The van der Waals surface area contributed by atoms with Crippen molar-refractivity contribution in [2.45, 2.75) is 12.8 Å². The summed E-state index contributed by atoms with van der Waals surface area (Å²) in [7, 11) is 1.64. The lowest BCUT2D eigenvalue weighted by atomic mass is 9.97. The number of benzene rings is 3. The zero-order valence-corrected chi connectivity index (χ0v) is 16.8. The molecule has 0 fully saturated rings. The smallest absolute Gasteiger partial charge is 0.233 e. The molecule has 0 bridgehead atoms. The number of rotatable bonds is 5. The van der Waals surface area contributed by atoms with Gasteiger partial charge in [0.15, 0.2) is 5.13 Å². The highest BCUT2D eigenvalue weighted by atomic mass is 32.1. The summed E-state index contributed by atoms with van der Waals surface area (Å²) in [5.74, 6) is -0.0584. The van der Waals surface area contributed by atoms with E-state index in [-0.39, 0.29) is 17.6 Å². The number of hydrogen-bond donors (Lipinski definition) is 1. The van der Waals surface area contributed by atoms with Gasteiger partial charge in [-0.2, -0.15) is 0 Å². The summed E-state index contributed by atoms with van der Waals surface area (Å²) < 4.78 is 19.2. The summed E-state index contributed by atoms with van der Waals surface area (Å²) in [6.07, 6.45) is 0. The van der Waals surface area contributed by atoms with Crippen LogP contribution < -0.4 is 10.1 Å². The van der Waals surface area contributed by atoms with Crippen molar-refractivity contribution in [3.05, 3.63) is 77.4 Å². The maximum absolute atomic E-state index is 13.9. The fourth-order valence-electron chi connectivity index (χ4n) is 3.13. The Labute approximate surface area is 172 Å². The number of aromatic nitrogens is 1. The van der Waals surface area contributed by atoms with Gasteiger partial charge in [-0.1, -0.05) is 36.4 Å². The number of carbonyl (C=O) groups is 1. The monoisotopic (exact) mass is 406 g/mol.